The maximum atomic E-state index is 6.18. The summed E-state index contributed by atoms with van der Waals surface area (Å²) in [7, 11) is 0. The molecule has 0 radical (unpaired) electrons. The Morgan fingerprint density at radius 2 is 2.26 bits per heavy atom. The van der Waals surface area contributed by atoms with Crippen LogP contribution in [-0.2, 0) is 6.42 Å². The molecule has 1 aromatic heterocycles. The van der Waals surface area contributed by atoms with E-state index in [9.17, 15) is 0 Å². The normalized spacial score (nSPS) is 14.8. The molecule has 0 saturated carbocycles. The summed E-state index contributed by atoms with van der Waals surface area (Å²) >= 11 is 6.18. The van der Waals surface area contributed by atoms with Gasteiger partial charge < -0.3 is 4.74 Å². The Kier molecular flexibility index (Phi) is 3.38. The van der Waals surface area contributed by atoms with Gasteiger partial charge in [0.15, 0.2) is 0 Å². The number of rotatable bonds is 3. The van der Waals surface area contributed by atoms with Crippen molar-refractivity contribution >= 4 is 11.6 Å². The first-order valence-electron chi connectivity index (χ1n) is 6.11. The van der Waals surface area contributed by atoms with Gasteiger partial charge in [0.05, 0.1) is 17.7 Å². The predicted octanol–water partition coefficient (Wildman–Crippen LogP) is 2.22. The fourth-order valence-corrected chi connectivity index (χ4v) is 2.60. The van der Waals surface area contributed by atoms with E-state index in [2.05, 4.69) is 16.5 Å². The van der Waals surface area contributed by atoms with Crippen LogP contribution >= 0.6 is 11.6 Å². The minimum absolute atomic E-state index is 0.151. The van der Waals surface area contributed by atoms with Crippen molar-refractivity contribution in [2.45, 2.75) is 12.5 Å². The Morgan fingerprint density at radius 1 is 1.37 bits per heavy atom. The number of nitrogens with one attached hydrogen (secondary N) is 1. The maximum Gasteiger partial charge on any atom is 0.122 e. The van der Waals surface area contributed by atoms with E-state index in [1.165, 1.54) is 5.56 Å². The van der Waals surface area contributed by atoms with Gasteiger partial charge in [0, 0.05) is 18.8 Å². The molecular formula is C14H14ClN3O. The van der Waals surface area contributed by atoms with Crippen LogP contribution in [0.4, 0.5) is 0 Å². The molecular weight excluding hydrogens is 262 g/mol. The molecule has 1 aromatic carbocycles. The van der Waals surface area contributed by atoms with Crippen molar-refractivity contribution in [2.24, 2.45) is 5.84 Å². The molecule has 5 heteroatoms. The fourth-order valence-electron chi connectivity index (χ4n) is 2.37. The molecule has 2 heterocycles. The Bertz CT molecular complexity index is 603. The highest BCUT2D eigenvalue weighted by atomic mass is 35.5. The smallest absolute Gasteiger partial charge is 0.122 e. The quantitative estimate of drug-likeness (QED) is 0.666. The van der Waals surface area contributed by atoms with Crippen molar-refractivity contribution in [3.05, 3.63) is 58.4 Å². The molecule has 4 nitrogen and oxygen atoms in total. The standard InChI is InChI=1S/C14H14ClN3O/c15-12-8-17-5-3-11(12)14(18-16)10-1-2-13-9(7-10)4-6-19-13/h1-3,5,7-8,14,18H,4,6,16H2. The van der Waals surface area contributed by atoms with Gasteiger partial charge in [-0.1, -0.05) is 23.7 Å². The Morgan fingerprint density at radius 3 is 3.05 bits per heavy atom. The summed E-state index contributed by atoms with van der Waals surface area (Å²) in [4.78, 5) is 3.99. The highest BCUT2D eigenvalue weighted by molar-refractivity contribution is 6.31. The first-order valence-corrected chi connectivity index (χ1v) is 6.48. The van der Waals surface area contributed by atoms with Crippen molar-refractivity contribution < 1.29 is 4.74 Å². The lowest BCUT2D eigenvalue weighted by atomic mass is 9.97. The number of nitrogens with zero attached hydrogens (tertiary/aromatic N) is 1. The number of halogens is 1. The van der Waals surface area contributed by atoms with Crippen molar-refractivity contribution in [3.8, 4) is 5.75 Å². The summed E-state index contributed by atoms with van der Waals surface area (Å²) < 4.78 is 5.51. The second-order valence-electron chi connectivity index (χ2n) is 4.46. The number of nitrogens with two attached hydrogens (primary N) is 1. The molecule has 0 amide bonds. The van der Waals surface area contributed by atoms with Crippen LogP contribution in [0.15, 0.2) is 36.7 Å². The number of hydrazine groups is 1. The van der Waals surface area contributed by atoms with E-state index in [0.29, 0.717) is 5.02 Å². The van der Waals surface area contributed by atoms with Crippen LogP contribution in [0.5, 0.6) is 5.75 Å². The highest BCUT2D eigenvalue weighted by Crippen LogP contribution is 2.32. The Labute approximate surface area is 116 Å². The van der Waals surface area contributed by atoms with E-state index in [4.69, 9.17) is 22.2 Å². The first kappa shape index (κ1) is 12.4. The van der Waals surface area contributed by atoms with Gasteiger partial charge in [-0.3, -0.25) is 10.8 Å². The lowest BCUT2D eigenvalue weighted by molar-refractivity contribution is 0.357. The van der Waals surface area contributed by atoms with E-state index in [1.54, 1.807) is 12.4 Å². The van der Waals surface area contributed by atoms with E-state index >= 15 is 0 Å². The molecule has 0 bridgehead atoms. The molecule has 1 atom stereocenters. The Balaban J connectivity index is 2.01. The number of hydrogen-bond acceptors (Lipinski definition) is 4. The van der Waals surface area contributed by atoms with Crippen molar-refractivity contribution in [3.63, 3.8) is 0 Å². The number of aromatic nitrogens is 1. The Hall–Kier alpha value is -1.62. The zero-order valence-electron chi connectivity index (χ0n) is 10.3. The monoisotopic (exact) mass is 275 g/mol. The first-order chi connectivity index (χ1) is 9.29. The summed E-state index contributed by atoms with van der Waals surface area (Å²) in [5.41, 5.74) is 6.01. The number of pyridine rings is 1. The number of fused-ring (bicyclic) bond motifs is 1. The summed E-state index contributed by atoms with van der Waals surface area (Å²) in [6.07, 6.45) is 4.27. The largest absolute Gasteiger partial charge is 0.493 e. The molecule has 3 rings (SSSR count). The number of ether oxygens (including phenoxy) is 1. The maximum absolute atomic E-state index is 6.18. The predicted molar refractivity (Wildman–Crippen MR) is 74.1 cm³/mol. The van der Waals surface area contributed by atoms with Gasteiger partial charge in [-0.05, 0) is 28.8 Å². The average Bonchev–Trinajstić information content (AvgIpc) is 2.89. The van der Waals surface area contributed by atoms with Crippen LogP contribution in [0, 0.1) is 0 Å². The van der Waals surface area contributed by atoms with Crippen LogP contribution in [0.1, 0.15) is 22.7 Å². The molecule has 0 aliphatic carbocycles. The summed E-state index contributed by atoms with van der Waals surface area (Å²) in [6, 6.07) is 7.82. The minimum Gasteiger partial charge on any atom is -0.493 e. The van der Waals surface area contributed by atoms with Crippen LogP contribution in [0.25, 0.3) is 0 Å². The molecule has 0 saturated heterocycles. The molecule has 0 spiro atoms. The van der Waals surface area contributed by atoms with Crippen LogP contribution in [0.3, 0.4) is 0 Å². The number of benzene rings is 1. The molecule has 1 aliphatic rings. The second kappa shape index (κ2) is 5.17. The molecule has 1 aliphatic heterocycles. The zero-order valence-corrected chi connectivity index (χ0v) is 11.0. The summed E-state index contributed by atoms with van der Waals surface area (Å²) in [5, 5.41) is 0.599. The minimum atomic E-state index is -0.151. The van der Waals surface area contributed by atoms with Gasteiger partial charge in [-0.15, -0.1) is 0 Å². The molecule has 1 unspecified atom stereocenters. The highest BCUT2D eigenvalue weighted by Gasteiger charge is 2.19. The van der Waals surface area contributed by atoms with Gasteiger partial charge in [-0.2, -0.15) is 0 Å². The lowest BCUT2D eigenvalue weighted by Gasteiger charge is -2.18. The van der Waals surface area contributed by atoms with Gasteiger partial charge in [0.2, 0.25) is 0 Å². The van der Waals surface area contributed by atoms with Crippen LogP contribution in [-0.4, -0.2) is 11.6 Å². The third-order valence-electron chi connectivity index (χ3n) is 3.33. The third kappa shape index (κ3) is 2.30. The van der Waals surface area contributed by atoms with Crippen LogP contribution < -0.4 is 16.0 Å². The SMILES string of the molecule is NNC(c1ccc2c(c1)CCO2)c1ccncc1Cl. The molecule has 0 fully saturated rings. The van der Waals surface area contributed by atoms with Crippen molar-refractivity contribution in [1.82, 2.24) is 10.4 Å². The molecule has 3 N–H and O–H groups in total. The van der Waals surface area contributed by atoms with E-state index in [1.807, 2.05) is 18.2 Å². The van der Waals surface area contributed by atoms with Gasteiger partial charge in [0.1, 0.15) is 5.75 Å². The molecule has 19 heavy (non-hydrogen) atoms. The second-order valence-corrected chi connectivity index (χ2v) is 4.87. The molecule has 98 valence electrons. The van der Waals surface area contributed by atoms with E-state index < -0.39 is 0 Å². The summed E-state index contributed by atoms with van der Waals surface area (Å²) in [5.74, 6) is 6.65. The van der Waals surface area contributed by atoms with Gasteiger partial charge >= 0.3 is 0 Å². The van der Waals surface area contributed by atoms with Crippen molar-refractivity contribution in [2.75, 3.05) is 6.61 Å². The van der Waals surface area contributed by atoms with Gasteiger partial charge in [0.25, 0.3) is 0 Å². The molecule has 2 aromatic rings. The van der Waals surface area contributed by atoms with Crippen molar-refractivity contribution in [1.29, 1.82) is 0 Å². The lowest BCUT2D eigenvalue weighted by Crippen LogP contribution is -2.29. The fraction of sp³-hybridized carbons (Fsp3) is 0.214. The third-order valence-corrected chi connectivity index (χ3v) is 3.64. The van der Waals surface area contributed by atoms with Crippen LogP contribution in [0.2, 0.25) is 5.02 Å². The average molecular weight is 276 g/mol. The topological polar surface area (TPSA) is 60.2 Å². The van der Waals surface area contributed by atoms with E-state index in [0.717, 1.165) is 29.9 Å². The van der Waals surface area contributed by atoms with Gasteiger partial charge in [-0.25, -0.2) is 5.43 Å². The summed E-state index contributed by atoms with van der Waals surface area (Å²) in [6.45, 7) is 0.746. The zero-order chi connectivity index (χ0) is 13.2. The number of hydrogen-bond donors (Lipinski definition) is 2. The van der Waals surface area contributed by atoms with E-state index in [-0.39, 0.29) is 6.04 Å².